The number of nitrogens with one attached hydrogen (secondary N) is 1. The molecule has 1 saturated heterocycles. The highest BCUT2D eigenvalue weighted by atomic mass is 19.1. The lowest BCUT2D eigenvalue weighted by Gasteiger charge is -2.35. The SMILES string of the molecule is CCNc1cc(N2CCN(C(=O)c3ccc(F)cc3F)CC2)nc(C)n1. The second-order valence-electron chi connectivity index (χ2n) is 6.09. The fourth-order valence-corrected chi connectivity index (χ4v) is 2.96. The number of carbonyl (C=O) groups excluding carboxylic acids is 1. The van der Waals surface area contributed by atoms with Crippen LogP contribution in [0.1, 0.15) is 23.1 Å². The Labute approximate surface area is 150 Å². The minimum atomic E-state index is -0.834. The molecule has 6 nitrogen and oxygen atoms in total. The van der Waals surface area contributed by atoms with Crippen molar-refractivity contribution in [1.29, 1.82) is 0 Å². The lowest BCUT2D eigenvalue weighted by atomic mass is 10.1. The van der Waals surface area contributed by atoms with E-state index in [1.807, 2.05) is 19.9 Å². The number of benzene rings is 1. The van der Waals surface area contributed by atoms with Crippen molar-refractivity contribution in [2.75, 3.05) is 42.9 Å². The zero-order valence-corrected chi connectivity index (χ0v) is 14.8. The number of halogens is 2. The highest BCUT2D eigenvalue weighted by Gasteiger charge is 2.25. The number of piperazine rings is 1. The van der Waals surface area contributed by atoms with Crippen LogP contribution in [0, 0.1) is 18.6 Å². The summed E-state index contributed by atoms with van der Waals surface area (Å²) < 4.78 is 26.9. The average molecular weight is 361 g/mol. The van der Waals surface area contributed by atoms with Crippen LogP contribution >= 0.6 is 0 Å². The molecule has 2 heterocycles. The fourth-order valence-electron chi connectivity index (χ4n) is 2.96. The van der Waals surface area contributed by atoms with Crippen molar-refractivity contribution in [2.24, 2.45) is 0 Å². The molecule has 1 amide bonds. The van der Waals surface area contributed by atoms with E-state index in [-0.39, 0.29) is 5.56 Å². The third-order valence-electron chi connectivity index (χ3n) is 4.23. The largest absolute Gasteiger partial charge is 0.370 e. The van der Waals surface area contributed by atoms with Crippen LogP contribution in [-0.2, 0) is 0 Å². The number of nitrogens with zero attached hydrogens (tertiary/aromatic N) is 4. The molecular weight excluding hydrogens is 340 g/mol. The normalized spacial score (nSPS) is 14.5. The van der Waals surface area contributed by atoms with Gasteiger partial charge in [-0.25, -0.2) is 18.7 Å². The van der Waals surface area contributed by atoms with Crippen LogP contribution in [0.5, 0.6) is 0 Å². The molecule has 0 radical (unpaired) electrons. The van der Waals surface area contributed by atoms with Gasteiger partial charge in [0.2, 0.25) is 0 Å². The van der Waals surface area contributed by atoms with E-state index in [1.165, 1.54) is 6.07 Å². The summed E-state index contributed by atoms with van der Waals surface area (Å²) in [7, 11) is 0. The number of carbonyl (C=O) groups is 1. The molecule has 2 aromatic rings. The van der Waals surface area contributed by atoms with Crippen LogP contribution in [0.3, 0.4) is 0 Å². The van der Waals surface area contributed by atoms with Gasteiger partial charge in [-0.3, -0.25) is 4.79 Å². The minimum absolute atomic E-state index is 0.104. The van der Waals surface area contributed by atoms with Crippen LogP contribution in [-0.4, -0.2) is 53.5 Å². The van der Waals surface area contributed by atoms with Crippen LogP contribution in [0.2, 0.25) is 0 Å². The predicted octanol–water partition coefficient (Wildman–Crippen LogP) is 2.46. The standard InChI is InChI=1S/C18H21F2N5O/c1-3-21-16-11-17(23-12(2)22-16)24-6-8-25(9-7-24)18(26)14-5-4-13(19)10-15(14)20/h4-5,10-11H,3,6-9H2,1-2H3,(H,21,22,23). The first kappa shape index (κ1) is 18.0. The molecule has 0 bridgehead atoms. The first-order valence-corrected chi connectivity index (χ1v) is 8.56. The maximum absolute atomic E-state index is 13.8. The van der Waals surface area contributed by atoms with Gasteiger partial charge in [-0.2, -0.15) is 0 Å². The molecule has 0 aliphatic carbocycles. The number of amides is 1. The molecule has 1 aliphatic heterocycles. The molecule has 3 rings (SSSR count). The van der Waals surface area contributed by atoms with E-state index in [0.29, 0.717) is 32.0 Å². The van der Waals surface area contributed by atoms with Gasteiger partial charge < -0.3 is 15.1 Å². The molecule has 0 atom stereocenters. The van der Waals surface area contributed by atoms with Gasteiger partial charge in [0, 0.05) is 44.9 Å². The predicted molar refractivity (Wildman–Crippen MR) is 95.4 cm³/mol. The van der Waals surface area contributed by atoms with Gasteiger partial charge in [-0.05, 0) is 26.0 Å². The highest BCUT2D eigenvalue weighted by Crippen LogP contribution is 2.19. The van der Waals surface area contributed by atoms with E-state index >= 15 is 0 Å². The van der Waals surface area contributed by atoms with Crippen LogP contribution < -0.4 is 10.2 Å². The molecule has 0 spiro atoms. The Kier molecular flexibility index (Phi) is 5.29. The molecule has 1 aromatic heterocycles. The van der Waals surface area contributed by atoms with Crippen LogP contribution in [0.4, 0.5) is 20.4 Å². The van der Waals surface area contributed by atoms with Crippen molar-refractivity contribution in [3.05, 3.63) is 47.3 Å². The Balaban J connectivity index is 1.68. The average Bonchev–Trinajstić information content (AvgIpc) is 2.61. The number of aryl methyl sites for hydroxylation is 1. The van der Waals surface area contributed by atoms with E-state index < -0.39 is 17.5 Å². The number of rotatable bonds is 4. The molecule has 8 heteroatoms. The monoisotopic (exact) mass is 361 g/mol. The zero-order valence-electron chi connectivity index (χ0n) is 14.8. The van der Waals surface area contributed by atoms with Crippen molar-refractivity contribution in [1.82, 2.24) is 14.9 Å². The van der Waals surface area contributed by atoms with Gasteiger partial charge in [-0.15, -0.1) is 0 Å². The number of hydrogen-bond acceptors (Lipinski definition) is 5. The molecule has 1 aromatic carbocycles. The van der Waals surface area contributed by atoms with Crippen molar-refractivity contribution in [3.63, 3.8) is 0 Å². The van der Waals surface area contributed by atoms with Gasteiger partial charge in [-0.1, -0.05) is 0 Å². The Hall–Kier alpha value is -2.77. The molecule has 0 saturated carbocycles. The van der Waals surface area contributed by atoms with Crippen molar-refractivity contribution in [2.45, 2.75) is 13.8 Å². The number of aromatic nitrogens is 2. The van der Waals surface area contributed by atoms with Gasteiger partial charge >= 0.3 is 0 Å². The molecule has 26 heavy (non-hydrogen) atoms. The van der Waals surface area contributed by atoms with Crippen molar-refractivity contribution < 1.29 is 13.6 Å². The Bertz CT molecular complexity index is 806. The minimum Gasteiger partial charge on any atom is -0.370 e. The molecule has 1 fully saturated rings. The van der Waals surface area contributed by atoms with E-state index in [0.717, 1.165) is 30.3 Å². The molecule has 1 aliphatic rings. The molecule has 0 unspecified atom stereocenters. The highest BCUT2D eigenvalue weighted by molar-refractivity contribution is 5.94. The Morgan fingerprint density at radius 3 is 2.54 bits per heavy atom. The summed E-state index contributed by atoms with van der Waals surface area (Å²) in [5.74, 6) is 0.286. The van der Waals surface area contributed by atoms with Gasteiger partial charge in [0.1, 0.15) is 29.1 Å². The second kappa shape index (κ2) is 7.63. The van der Waals surface area contributed by atoms with E-state index in [9.17, 15) is 13.6 Å². The zero-order chi connectivity index (χ0) is 18.7. The summed E-state index contributed by atoms with van der Waals surface area (Å²) in [4.78, 5) is 24.9. The number of anilines is 2. The van der Waals surface area contributed by atoms with Gasteiger partial charge in [0.25, 0.3) is 5.91 Å². The van der Waals surface area contributed by atoms with Crippen molar-refractivity contribution >= 4 is 17.5 Å². The van der Waals surface area contributed by atoms with E-state index in [2.05, 4.69) is 20.2 Å². The first-order valence-electron chi connectivity index (χ1n) is 8.56. The molecule has 1 N–H and O–H groups in total. The topological polar surface area (TPSA) is 61.4 Å². The Morgan fingerprint density at radius 1 is 1.15 bits per heavy atom. The summed E-state index contributed by atoms with van der Waals surface area (Å²) in [6, 6.07) is 4.90. The Morgan fingerprint density at radius 2 is 1.88 bits per heavy atom. The summed E-state index contributed by atoms with van der Waals surface area (Å²) in [6.45, 7) is 6.64. The lowest BCUT2D eigenvalue weighted by molar-refractivity contribution is 0.0741. The number of hydrogen-bond donors (Lipinski definition) is 1. The van der Waals surface area contributed by atoms with Crippen LogP contribution in [0.25, 0.3) is 0 Å². The van der Waals surface area contributed by atoms with Crippen molar-refractivity contribution in [3.8, 4) is 0 Å². The molecular formula is C18H21F2N5O. The summed E-state index contributed by atoms with van der Waals surface area (Å²) in [5.41, 5.74) is -0.104. The van der Waals surface area contributed by atoms with Gasteiger partial charge in [0.15, 0.2) is 0 Å². The molecule has 138 valence electrons. The van der Waals surface area contributed by atoms with E-state index in [4.69, 9.17) is 0 Å². The second-order valence-corrected chi connectivity index (χ2v) is 6.09. The lowest BCUT2D eigenvalue weighted by Crippen LogP contribution is -2.49. The van der Waals surface area contributed by atoms with E-state index in [1.54, 1.807) is 4.90 Å². The smallest absolute Gasteiger partial charge is 0.256 e. The third-order valence-corrected chi connectivity index (χ3v) is 4.23. The fraction of sp³-hybridized carbons (Fsp3) is 0.389. The summed E-state index contributed by atoms with van der Waals surface area (Å²) in [6.07, 6.45) is 0. The van der Waals surface area contributed by atoms with Crippen LogP contribution in [0.15, 0.2) is 24.3 Å². The quantitative estimate of drug-likeness (QED) is 0.906. The maximum Gasteiger partial charge on any atom is 0.256 e. The van der Waals surface area contributed by atoms with Gasteiger partial charge in [0.05, 0.1) is 5.56 Å². The summed E-state index contributed by atoms with van der Waals surface area (Å²) >= 11 is 0. The maximum atomic E-state index is 13.8. The summed E-state index contributed by atoms with van der Waals surface area (Å²) in [5, 5.41) is 3.17. The third kappa shape index (κ3) is 3.89. The first-order chi connectivity index (χ1) is 12.5.